The average molecular weight is 455 g/mol. The molecule has 2 aliphatic heterocycles. The Hall–Kier alpha value is -2.61. The fourth-order valence-electron chi connectivity index (χ4n) is 5.55. The van der Waals surface area contributed by atoms with Gasteiger partial charge in [0.1, 0.15) is 5.75 Å². The van der Waals surface area contributed by atoms with Crippen LogP contribution in [0.2, 0.25) is 0 Å². The van der Waals surface area contributed by atoms with Crippen molar-refractivity contribution in [1.82, 2.24) is 15.5 Å². The predicted octanol–water partition coefficient (Wildman–Crippen LogP) is 3.96. The van der Waals surface area contributed by atoms with Crippen molar-refractivity contribution in [1.29, 1.82) is 0 Å². The number of hydrogen-bond donors (Lipinski definition) is 1. The number of ether oxygens (including phenoxy) is 2. The molecule has 178 valence electrons. The molecule has 3 heterocycles. The number of nitrogens with one attached hydrogen (secondary N) is 1. The number of aromatic nitrogens is 2. The predicted molar refractivity (Wildman–Crippen MR) is 124 cm³/mol. The molecule has 1 atom stereocenters. The zero-order valence-corrected chi connectivity index (χ0v) is 19.4. The number of carbonyl (C=O) groups is 1. The number of hydrogen-bond acceptors (Lipinski definition) is 7. The Bertz CT molecular complexity index is 925. The molecule has 1 unspecified atom stereocenters. The molecule has 2 saturated heterocycles. The smallest absolute Gasteiger partial charge is 0.324 e. The van der Waals surface area contributed by atoms with Gasteiger partial charge in [-0.2, -0.15) is 4.98 Å². The lowest BCUT2D eigenvalue weighted by Gasteiger charge is -2.44. The van der Waals surface area contributed by atoms with E-state index in [4.69, 9.17) is 14.0 Å². The molecule has 0 radical (unpaired) electrons. The van der Waals surface area contributed by atoms with E-state index in [9.17, 15) is 4.79 Å². The molecular weight excluding hydrogens is 420 g/mol. The maximum Gasteiger partial charge on any atom is 0.324 e. The van der Waals surface area contributed by atoms with Gasteiger partial charge < -0.3 is 24.2 Å². The van der Waals surface area contributed by atoms with Crippen molar-refractivity contribution in [2.75, 3.05) is 31.7 Å². The summed E-state index contributed by atoms with van der Waals surface area (Å²) in [6.07, 6.45) is 9.55. The van der Waals surface area contributed by atoms with Gasteiger partial charge in [0.2, 0.25) is 11.7 Å². The third kappa shape index (κ3) is 5.00. The molecule has 1 spiro atoms. The molecule has 3 fully saturated rings. The molecule has 1 aromatic carbocycles. The number of methoxy groups -OCH3 is 1. The largest absolute Gasteiger partial charge is 0.497 e. The Labute approximate surface area is 195 Å². The minimum atomic E-state index is 0.0113. The highest BCUT2D eigenvalue weighted by atomic mass is 16.5. The molecule has 1 aromatic heterocycles. The molecule has 3 aliphatic rings. The van der Waals surface area contributed by atoms with Gasteiger partial charge >= 0.3 is 6.01 Å². The van der Waals surface area contributed by atoms with E-state index in [0.29, 0.717) is 11.8 Å². The van der Waals surface area contributed by atoms with Crippen LogP contribution in [0.1, 0.15) is 57.8 Å². The number of carbonyl (C=O) groups excluding carboxylic acids is 1. The maximum atomic E-state index is 13.0. The molecule has 33 heavy (non-hydrogen) atoms. The molecule has 5 rings (SSSR count). The Morgan fingerprint density at radius 2 is 1.88 bits per heavy atom. The molecule has 2 aromatic rings. The van der Waals surface area contributed by atoms with Crippen LogP contribution in [0.25, 0.3) is 11.4 Å². The van der Waals surface area contributed by atoms with Crippen LogP contribution >= 0.6 is 0 Å². The highest BCUT2D eigenvalue weighted by molar-refractivity contribution is 5.79. The first-order chi connectivity index (χ1) is 16.1. The number of benzene rings is 1. The van der Waals surface area contributed by atoms with E-state index in [1.54, 1.807) is 7.11 Å². The zero-order chi connectivity index (χ0) is 22.7. The molecule has 0 bridgehead atoms. The summed E-state index contributed by atoms with van der Waals surface area (Å²) >= 11 is 0. The summed E-state index contributed by atoms with van der Waals surface area (Å²) in [6.45, 7) is 2.23. The van der Waals surface area contributed by atoms with E-state index in [2.05, 4.69) is 20.4 Å². The molecule has 8 nitrogen and oxygen atoms in total. The van der Waals surface area contributed by atoms with Crippen molar-refractivity contribution in [2.45, 2.75) is 69.4 Å². The number of anilines is 1. The van der Waals surface area contributed by atoms with E-state index < -0.39 is 0 Å². The minimum Gasteiger partial charge on any atom is -0.497 e. The van der Waals surface area contributed by atoms with E-state index in [0.717, 1.165) is 69.5 Å². The average Bonchev–Trinajstić information content (AvgIpc) is 3.35. The lowest BCUT2D eigenvalue weighted by Crippen LogP contribution is -2.51. The summed E-state index contributed by atoms with van der Waals surface area (Å²) in [5.74, 6) is 1.58. The standard InChI is InChI=1S/C25H34N4O4/c1-31-21-7-5-18(6-8-21)22-27-24(33-28-22)29-14-9-19(10-15-29)23(30)26-20-11-16-32-25(17-20)12-3-2-4-13-25/h5-8,19-20H,2-4,9-17H2,1H3,(H,26,30). The Kier molecular flexibility index (Phi) is 6.53. The molecule has 8 heteroatoms. The molecule has 1 saturated carbocycles. The van der Waals surface area contributed by atoms with Crippen LogP contribution < -0.4 is 15.0 Å². The van der Waals surface area contributed by atoms with Gasteiger partial charge in [-0.1, -0.05) is 24.4 Å². The first-order valence-corrected chi connectivity index (χ1v) is 12.3. The van der Waals surface area contributed by atoms with Gasteiger partial charge in [0, 0.05) is 37.2 Å². The van der Waals surface area contributed by atoms with Crippen LogP contribution in [-0.2, 0) is 9.53 Å². The highest BCUT2D eigenvalue weighted by Crippen LogP contribution is 2.38. The van der Waals surface area contributed by atoms with Crippen molar-refractivity contribution < 1.29 is 18.8 Å². The number of piperidine rings is 1. The van der Waals surface area contributed by atoms with Crippen LogP contribution in [0.15, 0.2) is 28.8 Å². The number of amides is 1. The second kappa shape index (κ2) is 9.71. The van der Waals surface area contributed by atoms with Gasteiger partial charge in [-0.15, -0.1) is 0 Å². The van der Waals surface area contributed by atoms with Crippen molar-refractivity contribution in [2.24, 2.45) is 5.92 Å². The first kappa shape index (κ1) is 22.2. The lowest BCUT2D eigenvalue weighted by molar-refractivity contribution is -0.132. The van der Waals surface area contributed by atoms with Crippen LogP contribution in [0.4, 0.5) is 6.01 Å². The number of nitrogens with zero attached hydrogens (tertiary/aromatic N) is 3. The van der Waals surface area contributed by atoms with Crippen molar-refractivity contribution >= 4 is 11.9 Å². The summed E-state index contributed by atoms with van der Waals surface area (Å²) < 4.78 is 16.9. The third-order valence-corrected chi connectivity index (χ3v) is 7.50. The summed E-state index contributed by atoms with van der Waals surface area (Å²) in [7, 11) is 1.64. The van der Waals surface area contributed by atoms with Crippen LogP contribution in [0, 0.1) is 5.92 Å². The molecule has 1 aliphatic carbocycles. The molecule has 1 amide bonds. The van der Waals surface area contributed by atoms with Crippen molar-refractivity contribution in [3.05, 3.63) is 24.3 Å². The van der Waals surface area contributed by atoms with Crippen molar-refractivity contribution in [3.8, 4) is 17.1 Å². The SMILES string of the molecule is COc1ccc(-c2noc(N3CCC(C(=O)NC4CCOC5(CCCCC5)C4)CC3)n2)cc1. The quantitative estimate of drug-likeness (QED) is 0.731. The van der Waals surface area contributed by atoms with E-state index >= 15 is 0 Å². The summed E-state index contributed by atoms with van der Waals surface area (Å²) in [4.78, 5) is 19.6. The second-order valence-corrected chi connectivity index (χ2v) is 9.68. The fraction of sp³-hybridized carbons (Fsp3) is 0.640. The Morgan fingerprint density at radius 3 is 2.61 bits per heavy atom. The Morgan fingerprint density at radius 1 is 1.12 bits per heavy atom. The van der Waals surface area contributed by atoms with E-state index in [1.165, 1.54) is 19.3 Å². The number of rotatable bonds is 5. The van der Waals surface area contributed by atoms with Crippen molar-refractivity contribution in [3.63, 3.8) is 0 Å². The second-order valence-electron chi connectivity index (χ2n) is 9.68. The topological polar surface area (TPSA) is 89.7 Å². The monoisotopic (exact) mass is 454 g/mol. The van der Waals surface area contributed by atoms with E-state index in [1.807, 2.05) is 24.3 Å². The van der Waals surface area contributed by atoms with Gasteiger partial charge in [0.15, 0.2) is 0 Å². The molecular formula is C25H34N4O4. The molecule has 1 N–H and O–H groups in total. The van der Waals surface area contributed by atoms with E-state index in [-0.39, 0.29) is 23.5 Å². The minimum absolute atomic E-state index is 0.0113. The fourth-order valence-corrected chi connectivity index (χ4v) is 5.55. The normalized spacial score (nSPS) is 23.4. The van der Waals surface area contributed by atoms with Crippen LogP contribution in [-0.4, -0.2) is 54.5 Å². The Balaban J connectivity index is 1.13. The van der Waals surface area contributed by atoms with Gasteiger partial charge in [-0.25, -0.2) is 0 Å². The maximum absolute atomic E-state index is 13.0. The summed E-state index contributed by atoms with van der Waals surface area (Å²) in [5.41, 5.74) is 0.893. The van der Waals surface area contributed by atoms with Crippen LogP contribution in [0.5, 0.6) is 5.75 Å². The van der Waals surface area contributed by atoms with Gasteiger partial charge in [0.05, 0.1) is 12.7 Å². The summed E-state index contributed by atoms with van der Waals surface area (Å²) in [5, 5.41) is 7.48. The first-order valence-electron chi connectivity index (χ1n) is 12.3. The third-order valence-electron chi connectivity index (χ3n) is 7.50. The van der Waals surface area contributed by atoms with Gasteiger partial charge in [-0.05, 0) is 62.8 Å². The van der Waals surface area contributed by atoms with Gasteiger partial charge in [-0.3, -0.25) is 4.79 Å². The van der Waals surface area contributed by atoms with Crippen LogP contribution in [0.3, 0.4) is 0 Å². The highest BCUT2D eigenvalue weighted by Gasteiger charge is 2.39. The summed E-state index contributed by atoms with van der Waals surface area (Å²) in [6, 6.07) is 8.34. The zero-order valence-electron chi connectivity index (χ0n) is 19.4. The van der Waals surface area contributed by atoms with Gasteiger partial charge in [0.25, 0.3) is 0 Å². The lowest BCUT2D eigenvalue weighted by atomic mass is 9.78.